The van der Waals surface area contributed by atoms with Gasteiger partial charge in [-0.15, -0.1) is 0 Å². The van der Waals surface area contributed by atoms with Crippen molar-refractivity contribution in [1.82, 2.24) is 14.7 Å². The molecule has 0 aromatic carbocycles. The molecule has 0 aliphatic rings. The second kappa shape index (κ2) is 4.23. The van der Waals surface area contributed by atoms with Crippen LogP contribution in [0.5, 0.6) is 0 Å². The Morgan fingerprint density at radius 2 is 2.31 bits per heavy atom. The Morgan fingerprint density at radius 1 is 1.56 bits per heavy atom. The van der Waals surface area contributed by atoms with Crippen molar-refractivity contribution >= 4 is 23.0 Å². The summed E-state index contributed by atoms with van der Waals surface area (Å²) in [6, 6.07) is 3.78. The van der Waals surface area contributed by atoms with Crippen LogP contribution in [0.1, 0.15) is 16.1 Å². The van der Waals surface area contributed by atoms with Crippen molar-refractivity contribution in [3.8, 4) is 0 Å². The average molecular weight is 238 g/mol. The molecule has 0 saturated carbocycles. The maximum Gasteiger partial charge on any atom is 0.198 e. The lowest BCUT2D eigenvalue weighted by Crippen LogP contribution is -2.19. The van der Waals surface area contributed by atoms with E-state index in [0.29, 0.717) is 16.5 Å². The van der Waals surface area contributed by atoms with Crippen molar-refractivity contribution in [3.63, 3.8) is 0 Å². The molecule has 0 aliphatic heterocycles. The summed E-state index contributed by atoms with van der Waals surface area (Å²) in [6.07, 6.45) is 1.86. The van der Waals surface area contributed by atoms with Gasteiger partial charge in [0.1, 0.15) is 16.5 Å². The minimum absolute atomic E-state index is 0.103. The third-order valence-electron chi connectivity index (χ3n) is 2.31. The molecule has 0 bridgehead atoms. The van der Waals surface area contributed by atoms with Gasteiger partial charge in [0, 0.05) is 6.20 Å². The second-order valence-corrected chi connectivity index (χ2v) is 4.00. The number of aryl methyl sites for hydroxylation is 1. The van der Waals surface area contributed by atoms with E-state index in [9.17, 15) is 4.79 Å². The molecule has 2 aromatic heterocycles. The van der Waals surface area contributed by atoms with Crippen LogP contribution in [0.15, 0.2) is 18.3 Å². The maximum atomic E-state index is 11.7. The highest BCUT2D eigenvalue weighted by atomic mass is 35.5. The SMILES string of the molecule is CNCC(=O)c1nc2ccc(C)cn2c1Cl. The molecule has 0 aliphatic carbocycles. The van der Waals surface area contributed by atoms with E-state index >= 15 is 0 Å². The number of rotatable bonds is 3. The van der Waals surface area contributed by atoms with Gasteiger partial charge in [-0.3, -0.25) is 9.20 Å². The molecule has 0 atom stereocenters. The summed E-state index contributed by atoms with van der Waals surface area (Å²) in [4.78, 5) is 15.9. The minimum Gasteiger partial charge on any atom is -0.313 e. The van der Waals surface area contributed by atoms with Crippen molar-refractivity contribution in [3.05, 3.63) is 34.7 Å². The Labute approximate surface area is 98.2 Å². The first-order valence-corrected chi connectivity index (χ1v) is 5.33. The van der Waals surface area contributed by atoms with E-state index in [1.165, 1.54) is 0 Å². The first-order valence-electron chi connectivity index (χ1n) is 4.95. The smallest absolute Gasteiger partial charge is 0.198 e. The normalized spacial score (nSPS) is 10.9. The topological polar surface area (TPSA) is 46.4 Å². The van der Waals surface area contributed by atoms with Gasteiger partial charge in [0.15, 0.2) is 5.78 Å². The van der Waals surface area contributed by atoms with Gasteiger partial charge in [-0.05, 0) is 25.6 Å². The van der Waals surface area contributed by atoms with E-state index in [1.54, 1.807) is 11.4 Å². The zero-order chi connectivity index (χ0) is 11.7. The Balaban J connectivity index is 2.56. The zero-order valence-corrected chi connectivity index (χ0v) is 9.88. The van der Waals surface area contributed by atoms with Crippen molar-refractivity contribution in [1.29, 1.82) is 0 Å². The quantitative estimate of drug-likeness (QED) is 0.827. The van der Waals surface area contributed by atoms with Crippen molar-refractivity contribution in [2.24, 2.45) is 0 Å². The molecule has 1 N–H and O–H groups in total. The van der Waals surface area contributed by atoms with Crippen LogP contribution in [0.3, 0.4) is 0 Å². The predicted molar refractivity (Wildman–Crippen MR) is 63.2 cm³/mol. The van der Waals surface area contributed by atoms with E-state index in [-0.39, 0.29) is 12.3 Å². The summed E-state index contributed by atoms with van der Waals surface area (Å²) < 4.78 is 1.72. The van der Waals surface area contributed by atoms with Gasteiger partial charge in [-0.25, -0.2) is 4.98 Å². The van der Waals surface area contributed by atoms with E-state index in [1.807, 2.05) is 25.3 Å². The van der Waals surface area contributed by atoms with Crippen molar-refractivity contribution < 1.29 is 4.79 Å². The predicted octanol–water partition coefficient (Wildman–Crippen LogP) is 1.70. The summed E-state index contributed by atoms with van der Waals surface area (Å²) in [7, 11) is 1.71. The lowest BCUT2D eigenvalue weighted by Gasteiger charge is -1.97. The molecule has 0 unspecified atom stereocenters. The molecule has 2 heterocycles. The molecule has 0 fully saturated rings. The number of nitrogens with zero attached hydrogens (tertiary/aromatic N) is 2. The minimum atomic E-state index is -0.103. The highest BCUT2D eigenvalue weighted by Gasteiger charge is 2.16. The summed E-state index contributed by atoms with van der Waals surface area (Å²) in [5, 5.41) is 3.17. The second-order valence-electron chi connectivity index (χ2n) is 3.64. The number of carbonyl (C=O) groups excluding carboxylic acids is 1. The molecule has 0 spiro atoms. The number of aromatic nitrogens is 2. The number of nitrogens with one attached hydrogen (secondary N) is 1. The van der Waals surface area contributed by atoms with Crippen LogP contribution in [0.25, 0.3) is 5.65 Å². The largest absolute Gasteiger partial charge is 0.313 e. The molecular formula is C11H12ClN3O. The molecular weight excluding hydrogens is 226 g/mol. The number of halogens is 1. The van der Waals surface area contributed by atoms with Crippen LogP contribution >= 0.6 is 11.6 Å². The lowest BCUT2D eigenvalue weighted by molar-refractivity contribution is 0.0989. The molecule has 4 nitrogen and oxygen atoms in total. The van der Waals surface area contributed by atoms with E-state index < -0.39 is 0 Å². The zero-order valence-electron chi connectivity index (χ0n) is 9.12. The van der Waals surface area contributed by atoms with Crippen molar-refractivity contribution in [2.45, 2.75) is 6.92 Å². The van der Waals surface area contributed by atoms with Crippen LogP contribution in [-0.4, -0.2) is 28.8 Å². The fourth-order valence-electron chi connectivity index (χ4n) is 1.54. The fraction of sp³-hybridized carbons (Fsp3) is 0.273. The monoisotopic (exact) mass is 237 g/mol. The van der Waals surface area contributed by atoms with Gasteiger partial charge in [0.2, 0.25) is 0 Å². The molecule has 2 aromatic rings. The highest BCUT2D eigenvalue weighted by molar-refractivity contribution is 6.33. The number of hydrogen-bond donors (Lipinski definition) is 1. The first kappa shape index (κ1) is 11.1. The standard InChI is InChI=1S/C11H12ClN3O/c1-7-3-4-9-14-10(8(16)5-13-2)11(12)15(9)6-7/h3-4,6,13H,5H2,1-2H3. The van der Waals surface area contributed by atoms with E-state index in [0.717, 1.165) is 5.56 Å². The van der Waals surface area contributed by atoms with Crippen molar-refractivity contribution in [2.75, 3.05) is 13.6 Å². The molecule has 84 valence electrons. The maximum absolute atomic E-state index is 11.7. The number of likely N-dealkylation sites (N-methyl/N-ethyl adjacent to an activating group) is 1. The summed E-state index contributed by atoms with van der Waals surface area (Å²) in [6.45, 7) is 2.20. The van der Waals surface area contributed by atoms with Gasteiger partial charge in [-0.1, -0.05) is 17.7 Å². The molecule has 0 amide bonds. The van der Waals surface area contributed by atoms with Gasteiger partial charge >= 0.3 is 0 Å². The number of Topliss-reactive ketones (excluding diaryl/α,β-unsaturated/α-hetero) is 1. The molecule has 0 radical (unpaired) electrons. The number of carbonyl (C=O) groups is 1. The van der Waals surface area contributed by atoms with E-state index in [4.69, 9.17) is 11.6 Å². The number of imidazole rings is 1. The lowest BCUT2D eigenvalue weighted by atomic mass is 10.3. The highest BCUT2D eigenvalue weighted by Crippen LogP contribution is 2.19. The Kier molecular flexibility index (Phi) is 2.94. The van der Waals surface area contributed by atoms with Gasteiger partial charge in [-0.2, -0.15) is 0 Å². The van der Waals surface area contributed by atoms with Crippen LogP contribution in [0.2, 0.25) is 5.15 Å². The van der Waals surface area contributed by atoms with Crippen LogP contribution in [0, 0.1) is 6.92 Å². The number of fused-ring (bicyclic) bond motifs is 1. The third kappa shape index (κ3) is 1.81. The number of hydrogen-bond acceptors (Lipinski definition) is 3. The summed E-state index contributed by atoms with van der Waals surface area (Å²) >= 11 is 6.11. The van der Waals surface area contributed by atoms with Gasteiger partial charge in [0.25, 0.3) is 0 Å². The fourth-order valence-corrected chi connectivity index (χ4v) is 1.83. The molecule has 2 rings (SSSR count). The summed E-state index contributed by atoms with van der Waals surface area (Å²) in [5.74, 6) is -0.103. The molecule has 5 heteroatoms. The summed E-state index contributed by atoms with van der Waals surface area (Å²) in [5.41, 5.74) is 2.08. The van der Waals surface area contributed by atoms with Crippen LogP contribution < -0.4 is 5.32 Å². The van der Waals surface area contributed by atoms with E-state index in [2.05, 4.69) is 10.3 Å². The van der Waals surface area contributed by atoms with Crippen LogP contribution in [0.4, 0.5) is 0 Å². The molecule has 16 heavy (non-hydrogen) atoms. The average Bonchev–Trinajstić information content (AvgIpc) is 2.57. The van der Waals surface area contributed by atoms with Gasteiger partial charge in [0.05, 0.1) is 6.54 Å². The number of pyridine rings is 1. The van der Waals surface area contributed by atoms with Crippen LogP contribution in [-0.2, 0) is 0 Å². The number of ketones is 1. The van der Waals surface area contributed by atoms with Gasteiger partial charge < -0.3 is 5.32 Å². The Hall–Kier alpha value is -1.39. The Morgan fingerprint density at radius 3 is 3.00 bits per heavy atom. The Bertz CT molecular complexity index is 547. The first-order chi connectivity index (χ1) is 7.63. The third-order valence-corrected chi connectivity index (χ3v) is 2.67. The molecule has 0 saturated heterocycles.